The van der Waals surface area contributed by atoms with E-state index in [1.54, 1.807) is 11.5 Å². The van der Waals surface area contributed by atoms with E-state index < -0.39 is 0 Å². The second kappa shape index (κ2) is 4.04. The van der Waals surface area contributed by atoms with E-state index >= 15 is 0 Å². The van der Waals surface area contributed by atoms with Crippen LogP contribution in [0.5, 0.6) is 0 Å². The molecule has 0 amide bonds. The molecule has 0 fully saturated rings. The lowest BCUT2D eigenvalue weighted by Crippen LogP contribution is -1.87. The Hall–Kier alpha value is -0.370. The summed E-state index contributed by atoms with van der Waals surface area (Å²) in [4.78, 5) is 1.43. The molecule has 0 aliphatic heterocycles. The van der Waals surface area contributed by atoms with E-state index in [-0.39, 0.29) is 0 Å². The van der Waals surface area contributed by atoms with Gasteiger partial charge in [0.05, 0.1) is 5.69 Å². The number of hydrogen-bond donors (Lipinski definition) is 0. The Bertz CT molecular complexity index is 240. The van der Waals surface area contributed by atoms with Crippen LogP contribution in [0.3, 0.4) is 0 Å². The van der Waals surface area contributed by atoms with E-state index in [1.165, 1.54) is 17.0 Å². The lowest BCUT2D eigenvalue weighted by Gasteiger charge is -2.02. The first-order valence-electron chi connectivity index (χ1n) is 4.61. The fraction of sp³-hybridized carbons (Fsp3) is 0.700. The minimum Gasteiger partial charge on any atom is -0.197 e. The molecular weight excluding hydrogens is 166 g/mol. The highest BCUT2D eigenvalue weighted by molar-refractivity contribution is 7.05. The molecule has 0 aromatic carbocycles. The minimum absolute atomic E-state index is 0.569. The van der Waals surface area contributed by atoms with Crippen LogP contribution in [0, 0.1) is 0 Å². The zero-order valence-electron chi connectivity index (χ0n) is 8.29. The van der Waals surface area contributed by atoms with Gasteiger partial charge in [-0.1, -0.05) is 27.7 Å². The summed E-state index contributed by atoms with van der Waals surface area (Å²) in [6.07, 6.45) is 1.21. The van der Waals surface area contributed by atoms with Gasteiger partial charge in [-0.05, 0) is 35.9 Å². The molecule has 0 aliphatic rings. The highest BCUT2D eigenvalue weighted by Crippen LogP contribution is 2.26. The second-order valence-corrected chi connectivity index (χ2v) is 4.45. The van der Waals surface area contributed by atoms with E-state index in [4.69, 9.17) is 0 Å². The van der Waals surface area contributed by atoms with Crippen molar-refractivity contribution in [3.05, 3.63) is 16.6 Å². The average molecular weight is 183 g/mol. The molecule has 0 aliphatic carbocycles. The van der Waals surface area contributed by atoms with Crippen LogP contribution in [0.2, 0.25) is 0 Å². The van der Waals surface area contributed by atoms with E-state index in [2.05, 4.69) is 38.1 Å². The van der Waals surface area contributed by atoms with Crippen LogP contribution < -0.4 is 0 Å². The topological polar surface area (TPSA) is 12.9 Å². The molecule has 0 bridgehead atoms. The average Bonchev–Trinajstić information content (AvgIpc) is 2.51. The van der Waals surface area contributed by atoms with Crippen LogP contribution in [0.1, 0.15) is 56.5 Å². The number of hydrogen-bond acceptors (Lipinski definition) is 2. The summed E-state index contributed by atoms with van der Waals surface area (Å²) in [6.45, 7) is 8.86. The van der Waals surface area contributed by atoms with Crippen molar-refractivity contribution >= 4 is 11.5 Å². The van der Waals surface area contributed by atoms with E-state index in [0.717, 1.165) is 0 Å². The van der Waals surface area contributed by atoms with Crippen molar-refractivity contribution in [1.29, 1.82) is 0 Å². The molecule has 68 valence electrons. The predicted octanol–water partition coefficient (Wildman–Crippen LogP) is 3.78. The smallest absolute Gasteiger partial charge is 0.0570 e. The lowest BCUT2D eigenvalue weighted by molar-refractivity contribution is 0.745. The van der Waals surface area contributed by atoms with Gasteiger partial charge in [-0.2, -0.15) is 4.37 Å². The molecule has 1 nitrogen and oxygen atoms in total. The van der Waals surface area contributed by atoms with Gasteiger partial charge in [-0.15, -0.1) is 0 Å². The van der Waals surface area contributed by atoms with Crippen LogP contribution in [-0.4, -0.2) is 4.37 Å². The van der Waals surface area contributed by atoms with Crippen LogP contribution in [0.15, 0.2) is 6.07 Å². The fourth-order valence-electron chi connectivity index (χ4n) is 1.01. The number of aromatic nitrogens is 1. The number of rotatable bonds is 3. The maximum atomic E-state index is 4.43. The maximum Gasteiger partial charge on any atom is 0.0570 e. The van der Waals surface area contributed by atoms with Crippen LogP contribution in [0.4, 0.5) is 0 Å². The first-order chi connectivity index (χ1) is 5.65. The molecule has 0 spiro atoms. The van der Waals surface area contributed by atoms with Gasteiger partial charge >= 0.3 is 0 Å². The van der Waals surface area contributed by atoms with Gasteiger partial charge in [0.1, 0.15) is 0 Å². The van der Waals surface area contributed by atoms with E-state index in [1.807, 2.05) is 0 Å². The van der Waals surface area contributed by atoms with Crippen LogP contribution in [-0.2, 0) is 0 Å². The van der Waals surface area contributed by atoms with Gasteiger partial charge in [-0.25, -0.2) is 0 Å². The molecule has 0 radical (unpaired) electrons. The first-order valence-corrected chi connectivity index (χ1v) is 5.39. The molecule has 1 atom stereocenters. The fourth-order valence-corrected chi connectivity index (χ4v) is 2.00. The molecule has 1 aromatic rings. The standard InChI is InChI=1S/C10H17NS/c1-5-8(4)10-6-9(7(2)3)11-12-10/h6-8H,5H2,1-4H3. The van der Waals surface area contributed by atoms with Crippen molar-refractivity contribution in [3.63, 3.8) is 0 Å². The third kappa shape index (κ3) is 2.07. The largest absolute Gasteiger partial charge is 0.197 e. The van der Waals surface area contributed by atoms with E-state index in [9.17, 15) is 0 Å². The van der Waals surface area contributed by atoms with Crippen LogP contribution >= 0.6 is 11.5 Å². The molecular formula is C10H17NS. The highest BCUT2D eigenvalue weighted by atomic mass is 32.1. The Morgan fingerprint density at radius 3 is 2.50 bits per heavy atom. The summed E-state index contributed by atoms with van der Waals surface area (Å²) < 4.78 is 4.43. The summed E-state index contributed by atoms with van der Waals surface area (Å²) in [5, 5.41) is 0. The Kier molecular flexibility index (Phi) is 3.27. The summed E-state index contributed by atoms with van der Waals surface area (Å²) >= 11 is 1.66. The summed E-state index contributed by atoms with van der Waals surface area (Å²) in [5.74, 6) is 1.24. The lowest BCUT2D eigenvalue weighted by atomic mass is 10.0. The molecule has 1 heterocycles. The summed E-state index contributed by atoms with van der Waals surface area (Å²) in [5.41, 5.74) is 1.25. The van der Waals surface area contributed by atoms with Gasteiger partial charge in [0.2, 0.25) is 0 Å². The molecule has 12 heavy (non-hydrogen) atoms. The molecule has 1 rings (SSSR count). The van der Waals surface area contributed by atoms with Crippen molar-refractivity contribution in [2.75, 3.05) is 0 Å². The molecule has 1 aromatic heterocycles. The van der Waals surface area contributed by atoms with Crippen molar-refractivity contribution in [3.8, 4) is 0 Å². The van der Waals surface area contributed by atoms with Gasteiger partial charge in [0.15, 0.2) is 0 Å². The SMILES string of the molecule is CCC(C)c1cc(C(C)C)ns1. The third-order valence-electron chi connectivity index (χ3n) is 2.24. The summed E-state index contributed by atoms with van der Waals surface area (Å²) in [6, 6.07) is 2.25. The van der Waals surface area contributed by atoms with Gasteiger partial charge in [0.25, 0.3) is 0 Å². The highest BCUT2D eigenvalue weighted by Gasteiger charge is 2.09. The second-order valence-electron chi connectivity index (χ2n) is 3.62. The third-order valence-corrected chi connectivity index (χ3v) is 3.27. The Morgan fingerprint density at radius 2 is 2.08 bits per heavy atom. The summed E-state index contributed by atoms with van der Waals surface area (Å²) in [7, 11) is 0. The van der Waals surface area contributed by atoms with E-state index in [0.29, 0.717) is 11.8 Å². The van der Waals surface area contributed by atoms with Gasteiger partial charge in [0, 0.05) is 4.88 Å². The quantitative estimate of drug-likeness (QED) is 0.695. The minimum atomic E-state index is 0.569. The molecule has 1 unspecified atom stereocenters. The Morgan fingerprint density at radius 1 is 1.42 bits per heavy atom. The molecule has 2 heteroatoms. The zero-order valence-corrected chi connectivity index (χ0v) is 9.11. The normalized spacial score (nSPS) is 13.8. The predicted molar refractivity (Wildman–Crippen MR) is 54.9 cm³/mol. The van der Waals surface area contributed by atoms with Gasteiger partial charge in [-0.3, -0.25) is 0 Å². The molecule has 0 saturated carbocycles. The Labute approximate surface area is 79.0 Å². The van der Waals surface area contributed by atoms with Crippen molar-refractivity contribution in [2.45, 2.75) is 46.0 Å². The Balaban J connectivity index is 2.77. The monoisotopic (exact) mass is 183 g/mol. The van der Waals surface area contributed by atoms with Crippen molar-refractivity contribution in [1.82, 2.24) is 4.37 Å². The maximum absolute atomic E-state index is 4.43. The number of nitrogens with zero attached hydrogens (tertiary/aromatic N) is 1. The molecule has 0 saturated heterocycles. The molecule has 0 N–H and O–H groups in total. The van der Waals surface area contributed by atoms with Crippen LogP contribution in [0.25, 0.3) is 0 Å². The van der Waals surface area contributed by atoms with Crippen molar-refractivity contribution in [2.24, 2.45) is 0 Å². The van der Waals surface area contributed by atoms with Gasteiger partial charge < -0.3 is 0 Å². The van der Waals surface area contributed by atoms with Crippen molar-refractivity contribution < 1.29 is 0 Å². The zero-order chi connectivity index (χ0) is 9.14. The first kappa shape index (κ1) is 9.72.